The van der Waals surface area contributed by atoms with E-state index < -0.39 is 12.0 Å². The highest BCUT2D eigenvalue weighted by Gasteiger charge is 2.37. The molecular weight excluding hydrogens is 376 g/mol. The first-order chi connectivity index (χ1) is 11.4. The molecule has 1 heterocycles. The predicted molar refractivity (Wildman–Crippen MR) is 93.7 cm³/mol. The highest BCUT2D eigenvalue weighted by Crippen LogP contribution is 2.37. The molecule has 6 nitrogen and oxygen atoms in total. The first-order valence-electron chi connectivity index (χ1n) is 7.73. The standard InChI is InChI=1S/C17H21BrN2O4/c1-5-20-10(3)14(16(21)24-6-2)15(19-17(20)22)12-9-11(18)7-8-13(12)23-4/h7-9,15H,5-6H2,1-4H3,(H,19,22). The van der Waals surface area contributed by atoms with Crippen LogP contribution in [0.4, 0.5) is 4.79 Å². The zero-order chi connectivity index (χ0) is 17.9. The van der Waals surface area contributed by atoms with Crippen LogP contribution in [0.2, 0.25) is 0 Å². The second-order valence-corrected chi connectivity index (χ2v) is 6.15. The maximum absolute atomic E-state index is 12.5. The van der Waals surface area contributed by atoms with Crippen LogP contribution in [0, 0.1) is 0 Å². The summed E-state index contributed by atoms with van der Waals surface area (Å²) in [5.74, 6) is 0.142. The molecule has 130 valence electrons. The molecule has 0 radical (unpaired) electrons. The molecule has 1 atom stereocenters. The topological polar surface area (TPSA) is 67.9 Å². The zero-order valence-corrected chi connectivity index (χ0v) is 15.8. The van der Waals surface area contributed by atoms with Gasteiger partial charge in [-0.1, -0.05) is 15.9 Å². The van der Waals surface area contributed by atoms with E-state index in [9.17, 15) is 9.59 Å². The van der Waals surface area contributed by atoms with Gasteiger partial charge in [0, 0.05) is 22.3 Å². The van der Waals surface area contributed by atoms with Crippen molar-refractivity contribution in [2.24, 2.45) is 0 Å². The van der Waals surface area contributed by atoms with Crippen LogP contribution in [-0.4, -0.2) is 37.2 Å². The average molecular weight is 397 g/mol. The van der Waals surface area contributed by atoms with Gasteiger partial charge in [-0.05, 0) is 39.0 Å². The smallest absolute Gasteiger partial charge is 0.338 e. The number of amides is 2. The van der Waals surface area contributed by atoms with Crippen molar-refractivity contribution >= 4 is 27.9 Å². The molecule has 0 fully saturated rings. The Morgan fingerprint density at radius 1 is 1.38 bits per heavy atom. The van der Waals surface area contributed by atoms with E-state index in [0.717, 1.165) is 4.47 Å². The molecule has 0 bridgehead atoms. The van der Waals surface area contributed by atoms with Crippen molar-refractivity contribution in [1.82, 2.24) is 10.2 Å². The molecule has 0 spiro atoms. The summed E-state index contributed by atoms with van der Waals surface area (Å²) in [6.07, 6.45) is 0. The Morgan fingerprint density at radius 2 is 2.08 bits per heavy atom. The molecule has 1 aromatic carbocycles. The van der Waals surface area contributed by atoms with Crippen LogP contribution in [0.3, 0.4) is 0 Å². The van der Waals surface area contributed by atoms with Gasteiger partial charge in [-0.2, -0.15) is 0 Å². The number of nitrogens with one attached hydrogen (secondary N) is 1. The lowest BCUT2D eigenvalue weighted by atomic mass is 9.94. The number of methoxy groups -OCH3 is 1. The molecule has 0 saturated carbocycles. The Hall–Kier alpha value is -2.02. The van der Waals surface area contributed by atoms with Gasteiger partial charge in [-0.25, -0.2) is 9.59 Å². The number of esters is 1. The molecular formula is C17H21BrN2O4. The predicted octanol–water partition coefficient (Wildman–Crippen LogP) is 3.38. The molecule has 2 amide bonds. The number of halogens is 1. The third-order valence-corrected chi connectivity index (χ3v) is 4.40. The Bertz CT molecular complexity index is 687. The third-order valence-electron chi connectivity index (χ3n) is 3.91. The van der Waals surface area contributed by atoms with Crippen molar-refractivity contribution in [1.29, 1.82) is 0 Å². The third kappa shape index (κ3) is 3.40. The van der Waals surface area contributed by atoms with E-state index in [2.05, 4.69) is 21.2 Å². The first kappa shape index (κ1) is 18.3. The van der Waals surface area contributed by atoms with E-state index in [-0.39, 0.29) is 12.6 Å². The van der Waals surface area contributed by atoms with Gasteiger partial charge in [-0.15, -0.1) is 0 Å². The Kier molecular flexibility index (Phi) is 5.88. The largest absolute Gasteiger partial charge is 0.496 e. The fourth-order valence-corrected chi connectivity index (χ4v) is 3.18. The van der Waals surface area contributed by atoms with Crippen LogP contribution in [0.15, 0.2) is 33.9 Å². The zero-order valence-electron chi connectivity index (χ0n) is 14.2. The Morgan fingerprint density at radius 3 is 2.67 bits per heavy atom. The van der Waals surface area contributed by atoms with Crippen LogP contribution in [-0.2, 0) is 9.53 Å². The number of ether oxygens (including phenoxy) is 2. The number of hydrogen-bond donors (Lipinski definition) is 1. The summed E-state index contributed by atoms with van der Waals surface area (Å²) in [5, 5.41) is 2.88. The van der Waals surface area contributed by atoms with Gasteiger partial charge in [-0.3, -0.25) is 4.90 Å². The fourth-order valence-electron chi connectivity index (χ4n) is 2.80. The quantitative estimate of drug-likeness (QED) is 0.774. The summed E-state index contributed by atoms with van der Waals surface area (Å²) >= 11 is 3.42. The average Bonchev–Trinajstić information content (AvgIpc) is 2.54. The molecule has 0 saturated heterocycles. The Balaban J connectivity index is 2.62. The van der Waals surface area contributed by atoms with Crippen LogP contribution in [0.25, 0.3) is 0 Å². The summed E-state index contributed by atoms with van der Waals surface area (Å²) in [6.45, 7) is 6.08. The fraction of sp³-hybridized carbons (Fsp3) is 0.412. The normalized spacial score (nSPS) is 17.6. The second kappa shape index (κ2) is 7.70. The molecule has 1 N–H and O–H groups in total. The van der Waals surface area contributed by atoms with Gasteiger partial charge in [0.15, 0.2) is 0 Å². The van der Waals surface area contributed by atoms with Gasteiger partial charge >= 0.3 is 12.0 Å². The maximum Gasteiger partial charge on any atom is 0.338 e. The van der Waals surface area contributed by atoms with E-state index >= 15 is 0 Å². The highest BCUT2D eigenvalue weighted by atomic mass is 79.9. The maximum atomic E-state index is 12.5. The van der Waals surface area contributed by atoms with Gasteiger partial charge in [0.25, 0.3) is 0 Å². The van der Waals surface area contributed by atoms with Gasteiger partial charge in [0.1, 0.15) is 5.75 Å². The second-order valence-electron chi connectivity index (χ2n) is 5.23. The minimum absolute atomic E-state index is 0.255. The van der Waals surface area contributed by atoms with E-state index in [4.69, 9.17) is 9.47 Å². The number of carbonyl (C=O) groups is 2. The Labute approximate surface area is 149 Å². The molecule has 0 aromatic heterocycles. The lowest BCUT2D eigenvalue weighted by Crippen LogP contribution is -2.48. The number of allylic oxidation sites excluding steroid dienone is 1. The van der Waals surface area contributed by atoms with Crippen molar-refractivity contribution < 1.29 is 19.1 Å². The first-order valence-corrected chi connectivity index (χ1v) is 8.53. The van der Waals surface area contributed by atoms with Crippen molar-refractivity contribution in [3.05, 3.63) is 39.5 Å². The lowest BCUT2D eigenvalue weighted by molar-refractivity contribution is -0.139. The molecule has 24 heavy (non-hydrogen) atoms. The molecule has 2 rings (SSSR count). The molecule has 1 aromatic rings. The molecule has 1 unspecified atom stereocenters. The van der Waals surface area contributed by atoms with Crippen molar-refractivity contribution in [3.63, 3.8) is 0 Å². The van der Waals surface area contributed by atoms with E-state index in [1.54, 1.807) is 27.0 Å². The monoisotopic (exact) mass is 396 g/mol. The molecule has 7 heteroatoms. The number of urea groups is 1. The number of nitrogens with zero attached hydrogens (tertiary/aromatic N) is 1. The molecule has 0 aliphatic carbocycles. The lowest BCUT2D eigenvalue weighted by Gasteiger charge is -2.35. The van der Waals surface area contributed by atoms with E-state index in [0.29, 0.717) is 29.1 Å². The molecule has 1 aliphatic heterocycles. The highest BCUT2D eigenvalue weighted by molar-refractivity contribution is 9.10. The number of rotatable bonds is 5. The van der Waals surface area contributed by atoms with Gasteiger partial charge < -0.3 is 14.8 Å². The minimum atomic E-state index is -0.633. The SMILES string of the molecule is CCOC(=O)C1=C(C)N(CC)C(=O)NC1c1cc(Br)ccc1OC. The number of benzene rings is 1. The van der Waals surface area contributed by atoms with Gasteiger partial charge in [0.2, 0.25) is 0 Å². The van der Waals surface area contributed by atoms with Crippen LogP contribution < -0.4 is 10.1 Å². The van der Waals surface area contributed by atoms with E-state index in [1.807, 2.05) is 19.1 Å². The summed E-state index contributed by atoms with van der Waals surface area (Å²) in [5.41, 5.74) is 1.69. The van der Waals surface area contributed by atoms with Crippen molar-refractivity contribution in [3.8, 4) is 5.75 Å². The summed E-state index contributed by atoms with van der Waals surface area (Å²) in [4.78, 5) is 26.5. The summed E-state index contributed by atoms with van der Waals surface area (Å²) < 4.78 is 11.4. The van der Waals surface area contributed by atoms with Crippen LogP contribution in [0.5, 0.6) is 5.75 Å². The number of hydrogen-bond acceptors (Lipinski definition) is 4. The van der Waals surface area contributed by atoms with Crippen LogP contribution >= 0.6 is 15.9 Å². The van der Waals surface area contributed by atoms with Gasteiger partial charge in [0.05, 0.1) is 25.3 Å². The minimum Gasteiger partial charge on any atom is -0.496 e. The number of carbonyl (C=O) groups excluding carboxylic acids is 2. The van der Waals surface area contributed by atoms with E-state index in [1.165, 1.54) is 4.90 Å². The summed E-state index contributed by atoms with van der Waals surface area (Å²) in [6, 6.07) is 4.57. The van der Waals surface area contributed by atoms with Crippen molar-refractivity contribution in [2.75, 3.05) is 20.3 Å². The van der Waals surface area contributed by atoms with Crippen LogP contribution in [0.1, 0.15) is 32.4 Å². The molecule has 1 aliphatic rings. The van der Waals surface area contributed by atoms with Crippen molar-refractivity contribution in [2.45, 2.75) is 26.8 Å². The summed E-state index contributed by atoms with van der Waals surface area (Å²) in [7, 11) is 1.55.